The van der Waals surface area contributed by atoms with Gasteiger partial charge in [0.1, 0.15) is 11.5 Å². The molecule has 1 aromatic rings. The molecule has 1 fully saturated rings. The number of hydrogen-bond acceptors (Lipinski definition) is 6. The first-order chi connectivity index (χ1) is 9.52. The second kappa shape index (κ2) is 6.17. The summed E-state index contributed by atoms with van der Waals surface area (Å²) < 4.78 is 23.0. The van der Waals surface area contributed by atoms with Crippen molar-refractivity contribution in [3.8, 4) is 0 Å². The summed E-state index contributed by atoms with van der Waals surface area (Å²) in [6.45, 7) is 3.33. The van der Waals surface area contributed by atoms with E-state index in [9.17, 15) is 13.2 Å². The molecule has 2 heterocycles. The van der Waals surface area contributed by atoms with E-state index in [0.29, 0.717) is 18.8 Å². The van der Waals surface area contributed by atoms with Gasteiger partial charge in [0.05, 0.1) is 23.9 Å². The van der Waals surface area contributed by atoms with Crippen LogP contribution in [0, 0.1) is 0 Å². The smallest absolute Gasteiger partial charge is 0.274 e. The summed E-state index contributed by atoms with van der Waals surface area (Å²) in [5, 5.41) is 3.00. The van der Waals surface area contributed by atoms with Crippen LogP contribution in [0.3, 0.4) is 0 Å². The van der Waals surface area contributed by atoms with Gasteiger partial charge in [-0.15, -0.1) is 0 Å². The number of nitrogens with one attached hydrogen (secondary N) is 1. The van der Waals surface area contributed by atoms with Crippen molar-refractivity contribution in [1.29, 1.82) is 0 Å². The molecule has 2 rings (SSSR count). The van der Waals surface area contributed by atoms with Crippen molar-refractivity contribution in [2.75, 3.05) is 36.5 Å². The van der Waals surface area contributed by atoms with Gasteiger partial charge in [0.25, 0.3) is 5.91 Å². The molecule has 0 unspecified atom stereocenters. The SMILES string of the molecule is CCNc1cnc(C(=O)N2CCCS(=O)(=O)CC2)cn1. The lowest BCUT2D eigenvalue weighted by Crippen LogP contribution is -2.34. The summed E-state index contributed by atoms with van der Waals surface area (Å²) in [5.74, 6) is 0.504. The van der Waals surface area contributed by atoms with Crippen LogP contribution in [0.1, 0.15) is 23.8 Å². The number of hydrogen-bond donors (Lipinski definition) is 1. The van der Waals surface area contributed by atoms with Crippen molar-refractivity contribution in [3.05, 3.63) is 18.1 Å². The third-order valence-electron chi connectivity index (χ3n) is 3.07. The van der Waals surface area contributed by atoms with Gasteiger partial charge in [-0.3, -0.25) is 4.79 Å². The lowest BCUT2D eigenvalue weighted by molar-refractivity contribution is 0.0762. The summed E-state index contributed by atoms with van der Waals surface area (Å²) >= 11 is 0. The second-order valence-corrected chi connectivity index (χ2v) is 6.92. The molecule has 1 aromatic heterocycles. The van der Waals surface area contributed by atoms with Crippen LogP contribution in [0.25, 0.3) is 0 Å². The quantitative estimate of drug-likeness (QED) is 0.855. The number of aromatic nitrogens is 2. The van der Waals surface area contributed by atoms with Crippen LogP contribution >= 0.6 is 0 Å². The minimum Gasteiger partial charge on any atom is -0.369 e. The van der Waals surface area contributed by atoms with E-state index in [1.807, 2.05) is 6.92 Å². The molecule has 110 valence electrons. The number of carbonyl (C=O) groups excluding carboxylic acids is 1. The molecular formula is C12H18N4O3S. The number of nitrogens with zero attached hydrogens (tertiary/aromatic N) is 3. The van der Waals surface area contributed by atoms with E-state index in [-0.39, 0.29) is 29.7 Å². The van der Waals surface area contributed by atoms with Crippen LogP contribution in [-0.2, 0) is 9.84 Å². The summed E-state index contributed by atoms with van der Waals surface area (Å²) in [5.41, 5.74) is 0.242. The third kappa shape index (κ3) is 3.66. The van der Waals surface area contributed by atoms with Crippen molar-refractivity contribution in [3.63, 3.8) is 0 Å². The third-order valence-corrected chi connectivity index (χ3v) is 4.79. The Morgan fingerprint density at radius 3 is 2.75 bits per heavy atom. The van der Waals surface area contributed by atoms with E-state index in [0.717, 1.165) is 6.54 Å². The zero-order valence-corrected chi connectivity index (χ0v) is 12.2. The fourth-order valence-electron chi connectivity index (χ4n) is 2.01. The zero-order chi connectivity index (χ0) is 14.6. The highest BCUT2D eigenvalue weighted by Gasteiger charge is 2.24. The first-order valence-corrected chi connectivity index (χ1v) is 8.39. The van der Waals surface area contributed by atoms with Crippen molar-refractivity contribution < 1.29 is 13.2 Å². The lowest BCUT2D eigenvalue weighted by Gasteiger charge is -2.18. The van der Waals surface area contributed by atoms with Crippen molar-refractivity contribution in [2.24, 2.45) is 0 Å². The largest absolute Gasteiger partial charge is 0.369 e. The van der Waals surface area contributed by atoms with Gasteiger partial charge in [-0.25, -0.2) is 18.4 Å². The topological polar surface area (TPSA) is 92.3 Å². The Morgan fingerprint density at radius 2 is 2.10 bits per heavy atom. The van der Waals surface area contributed by atoms with Gasteiger partial charge >= 0.3 is 0 Å². The van der Waals surface area contributed by atoms with Crippen LogP contribution in [-0.4, -0.2) is 60.3 Å². The van der Waals surface area contributed by atoms with Gasteiger partial charge in [-0.1, -0.05) is 0 Å². The normalized spacial score (nSPS) is 18.4. The molecule has 1 amide bonds. The molecule has 8 heteroatoms. The Morgan fingerprint density at radius 1 is 1.30 bits per heavy atom. The van der Waals surface area contributed by atoms with E-state index < -0.39 is 9.84 Å². The Kier molecular flexibility index (Phi) is 4.53. The average Bonchev–Trinajstić information content (AvgIpc) is 2.60. The van der Waals surface area contributed by atoms with E-state index in [1.165, 1.54) is 17.3 Å². The zero-order valence-electron chi connectivity index (χ0n) is 11.4. The van der Waals surface area contributed by atoms with E-state index >= 15 is 0 Å². The van der Waals surface area contributed by atoms with Gasteiger partial charge in [0, 0.05) is 19.6 Å². The summed E-state index contributed by atoms with van der Waals surface area (Å²) in [4.78, 5) is 21.9. The molecule has 0 aliphatic carbocycles. The standard InChI is InChI=1S/C12H18N4O3S/c1-2-13-11-9-14-10(8-15-11)12(17)16-4-3-6-20(18,19)7-5-16/h8-9H,2-7H2,1H3,(H,13,15). The number of carbonyl (C=O) groups is 1. The highest BCUT2D eigenvalue weighted by molar-refractivity contribution is 7.91. The Balaban J connectivity index is 2.06. The Labute approximate surface area is 118 Å². The second-order valence-electron chi connectivity index (χ2n) is 4.61. The Hall–Kier alpha value is -1.70. The molecule has 0 spiro atoms. The minimum atomic E-state index is -3.02. The lowest BCUT2D eigenvalue weighted by atomic mass is 10.3. The fourth-order valence-corrected chi connectivity index (χ4v) is 3.29. The molecule has 0 bridgehead atoms. The van der Waals surface area contributed by atoms with Crippen LogP contribution in [0.15, 0.2) is 12.4 Å². The number of sulfone groups is 1. The van der Waals surface area contributed by atoms with E-state index in [4.69, 9.17) is 0 Å². The molecule has 0 atom stereocenters. The monoisotopic (exact) mass is 298 g/mol. The average molecular weight is 298 g/mol. The van der Waals surface area contributed by atoms with Crippen LogP contribution in [0.4, 0.5) is 5.82 Å². The van der Waals surface area contributed by atoms with Crippen LogP contribution in [0.5, 0.6) is 0 Å². The van der Waals surface area contributed by atoms with Crippen molar-refractivity contribution in [2.45, 2.75) is 13.3 Å². The maximum atomic E-state index is 12.2. The highest BCUT2D eigenvalue weighted by atomic mass is 32.2. The van der Waals surface area contributed by atoms with Gasteiger partial charge in [0.2, 0.25) is 0 Å². The van der Waals surface area contributed by atoms with Gasteiger partial charge < -0.3 is 10.2 Å². The molecule has 20 heavy (non-hydrogen) atoms. The molecular weight excluding hydrogens is 280 g/mol. The maximum absolute atomic E-state index is 12.2. The van der Waals surface area contributed by atoms with Crippen molar-refractivity contribution >= 4 is 21.6 Å². The fraction of sp³-hybridized carbons (Fsp3) is 0.583. The number of rotatable bonds is 3. The van der Waals surface area contributed by atoms with Crippen molar-refractivity contribution in [1.82, 2.24) is 14.9 Å². The first kappa shape index (κ1) is 14.7. The van der Waals surface area contributed by atoms with E-state index in [2.05, 4.69) is 15.3 Å². The molecule has 1 saturated heterocycles. The molecule has 0 aromatic carbocycles. The Bertz CT molecular complexity index is 571. The van der Waals surface area contributed by atoms with Crippen LogP contribution in [0.2, 0.25) is 0 Å². The van der Waals surface area contributed by atoms with Gasteiger partial charge in [0.15, 0.2) is 9.84 Å². The summed E-state index contributed by atoms with van der Waals surface area (Å²) in [7, 11) is -3.02. The molecule has 7 nitrogen and oxygen atoms in total. The minimum absolute atomic E-state index is 0.0155. The number of amides is 1. The van der Waals surface area contributed by atoms with Gasteiger partial charge in [-0.2, -0.15) is 0 Å². The van der Waals surface area contributed by atoms with E-state index in [1.54, 1.807) is 0 Å². The summed E-state index contributed by atoms with van der Waals surface area (Å²) in [6, 6.07) is 0. The van der Waals surface area contributed by atoms with Crippen LogP contribution < -0.4 is 5.32 Å². The highest BCUT2D eigenvalue weighted by Crippen LogP contribution is 2.09. The number of anilines is 1. The molecule has 1 aliphatic heterocycles. The molecule has 0 radical (unpaired) electrons. The predicted molar refractivity (Wildman–Crippen MR) is 75.4 cm³/mol. The summed E-state index contributed by atoms with van der Waals surface area (Å²) in [6.07, 6.45) is 3.39. The molecule has 1 aliphatic rings. The maximum Gasteiger partial charge on any atom is 0.274 e. The first-order valence-electron chi connectivity index (χ1n) is 6.57. The predicted octanol–water partition coefficient (Wildman–Crippen LogP) is 0.169. The molecule has 1 N–H and O–H groups in total. The molecule has 0 saturated carbocycles. The van der Waals surface area contributed by atoms with Gasteiger partial charge in [-0.05, 0) is 13.3 Å².